The third-order valence-electron chi connectivity index (χ3n) is 2.02. The molecule has 1 aromatic carbocycles. The molecule has 0 heterocycles. The van der Waals surface area contributed by atoms with Crippen molar-refractivity contribution in [2.75, 3.05) is 7.11 Å². The van der Waals surface area contributed by atoms with E-state index < -0.39 is 0 Å². The molecule has 3 heteroatoms. The fourth-order valence-corrected chi connectivity index (χ4v) is 1.44. The van der Waals surface area contributed by atoms with Crippen LogP contribution in [0, 0.1) is 6.92 Å². The van der Waals surface area contributed by atoms with Crippen LogP contribution in [0.3, 0.4) is 0 Å². The summed E-state index contributed by atoms with van der Waals surface area (Å²) in [6, 6.07) is 6.40. The Morgan fingerprint density at radius 2 is 2.07 bits per heavy atom. The van der Waals surface area contributed by atoms with E-state index in [2.05, 4.69) is 12.1 Å². The molecule has 1 aromatic rings. The molecule has 1 rings (SSSR count). The minimum absolute atomic E-state index is 0. The highest BCUT2D eigenvalue weighted by molar-refractivity contribution is 8.93. The Kier molecular flexibility index (Phi) is 5.81. The molecular weight excluding hydrogens is 242 g/mol. The van der Waals surface area contributed by atoms with Gasteiger partial charge in [-0.1, -0.05) is 12.1 Å². The summed E-state index contributed by atoms with van der Waals surface area (Å²) in [6.07, 6.45) is 0.921. The molecule has 0 saturated heterocycles. The van der Waals surface area contributed by atoms with Crippen molar-refractivity contribution in [2.24, 2.45) is 5.73 Å². The Bertz CT molecular complexity index is 287. The zero-order chi connectivity index (χ0) is 9.84. The third-order valence-corrected chi connectivity index (χ3v) is 2.02. The first-order valence-corrected chi connectivity index (χ1v) is 4.52. The second kappa shape index (κ2) is 6.04. The highest BCUT2D eigenvalue weighted by Gasteiger charge is 2.01. The van der Waals surface area contributed by atoms with Gasteiger partial charge in [0.25, 0.3) is 0 Å². The molecule has 2 nitrogen and oxygen atoms in total. The lowest BCUT2D eigenvalue weighted by atomic mass is 10.0. The lowest BCUT2D eigenvalue weighted by Crippen LogP contribution is -2.17. The lowest BCUT2D eigenvalue weighted by molar-refractivity contribution is 0.411. The predicted octanol–water partition coefficient (Wildman–Crippen LogP) is 2.47. The maximum Gasteiger partial charge on any atom is 0.121 e. The van der Waals surface area contributed by atoms with Crippen LogP contribution in [0.2, 0.25) is 0 Å². The average molecular weight is 260 g/mol. The maximum atomic E-state index is 5.71. The third kappa shape index (κ3) is 3.68. The largest absolute Gasteiger partial charge is 0.496 e. The van der Waals surface area contributed by atoms with E-state index in [1.165, 1.54) is 11.1 Å². The molecule has 80 valence electrons. The number of nitrogens with two attached hydrogens (primary N) is 1. The minimum atomic E-state index is 0. The van der Waals surface area contributed by atoms with E-state index in [9.17, 15) is 0 Å². The standard InChI is InChI=1S/C11H17NO.BrH/c1-8-6-10(7-9(2)12)4-5-11(8)13-3;/h4-6,9H,7,12H2,1-3H3;1H. The van der Waals surface area contributed by atoms with E-state index in [0.29, 0.717) is 0 Å². The van der Waals surface area contributed by atoms with E-state index >= 15 is 0 Å². The van der Waals surface area contributed by atoms with Crippen LogP contribution in [0.5, 0.6) is 5.75 Å². The van der Waals surface area contributed by atoms with Crippen molar-refractivity contribution in [1.82, 2.24) is 0 Å². The predicted molar refractivity (Wildman–Crippen MR) is 65.4 cm³/mol. The zero-order valence-corrected chi connectivity index (χ0v) is 10.6. The van der Waals surface area contributed by atoms with Gasteiger partial charge in [0.15, 0.2) is 0 Å². The van der Waals surface area contributed by atoms with Crippen molar-refractivity contribution < 1.29 is 4.74 Å². The van der Waals surface area contributed by atoms with Crippen molar-refractivity contribution in [3.8, 4) is 5.75 Å². The molecule has 0 radical (unpaired) electrons. The second-order valence-electron chi connectivity index (χ2n) is 3.49. The number of halogens is 1. The Labute approximate surface area is 96.2 Å². The molecule has 0 aliphatic heterocycles. The summed E-state index contributed by atoms with van der Waals surface area (Å²) in [5.41, 5.74) is 8.15. The van der Waals surface area contributed by atoms with Gasteiger partial charge >= 0.3 is 0 Å². The monoisotopic (exact) mass is 259 g/mol. The van der Waals surface area contributed by atoms with Crippen LogP contribution in [-0.2, 0) is 6.42 Å². The van der Waals surface area contributed by atoms with Gasteiger partial charge in [0.2, 0.25) is 0 Å². The van der Waals surface area contributed by atoms with Gasteiger partial charge in [-0.2, -0.15) is 0 Å². The molecule has 0 aliphatic carbocycles. The fourth-order valence-electron chi connectivity index (χ4n) is 1.44. The van der Waals surface area contributed by atoms with E-state index in [4.69, 9.17) is 10.5 Å². The van der Waals surface area contributed by atoms with Gasteiger partial charge < -0.3 is 10.5 Å². The summed E-state index contributed by atoms with van der Waals surface area (Å²) in [5.74, 6) is 0.938. The molecule has 0 amide bonds. The molecule has 14 heavy (non-hydrogen) atoms. The van der Waals surface area contributed by atoms with E-state index in [0.717, 1.165) is 12.2 Å². The Morgan fingerprint density at radius 1 is 1.43 bits per heavy atom. The van der Waals surface area contributed by atoms with Crippen LogP contribution >= 0.6 is 17.0 Å². The second-order valence-corrected chi connectivity index (χ2v) is 3.49. The van der Waals surface area contributed by atoms with Crippen LogP contribution in [0.15, 0.2) is 18.2 Å². The minimum Gasteiger partial charge on any atom is -0.496 e. The molecule has 2 N–H and O–H groups in total. The van der Waals surface area contributed by atoms with E-state index in [-0.39, 0.29) is 23.0 Å². The van der Waals surface area contributed by atoms with Gasteiger partial charge in [-0.05, 0) is 37.5 Å². The molecular formula is C11H18BrNO. The van der Waals surface area contributed by atoms with Crippen LogP contribution in [0.25, 0.3) is 0 Å². The van der Waals surface area contributed by atoms with Gasteiger partial charge in [-0.25, -0.2) is 0 Å². The number of hydrogen-bond acceptors (Lipinski definition) is 2. The van der Waals surface area contributed by atoms with Crippen molar-refractivity contribution in [3.63, 3.8) is 0 Å². The smallest absolute Gasteiger partial charge is 0.121 e. The molecule has 1 atom stereocenters. The summed E-state index contributed by atoms with van der Waals surface area (Å²) in [6.45, 7) is 4.06. The molecule has 0 spiro atoms. The van der Waals surface area contributed by atoms with Gasteiger partial charge in [0.1, 0.15) is 5.75 Å². The number of benzene rings is 1. The van der Waals surface area contributed by atoms with Crippen molar-refractivity contribution in [1.29, 1.82) is 0 Å². The number of methoxy groups -OCH3 is 1. The first-order valence-electron chi connectivity index (χ1n) is 4.52. The molecule has 0 fully saturated rings. The van der Waals surface area contributed by atoms with Crippen molar-refractivity contribution in [3.05, 3.63) is 29.3 Å². The van der Waals surface area contributed by atoms with Gasteiger partial charge in [0.05, 0.1) is 7.11 Å². The summed E-state index contributed by atoms with van der Waals surface area (Å²) in [5, 5.41) is 0. The van der Waals surface area contributed by atoms with Crippen LogP contribution < -0.4 is 10.5 Å². The summed E-state index contributed by atoms with van der Waals surface area (Å²) < 4.78 is 5.17. The van der Waals surface area contributed by atoms with Gasteiger partial charge in [-0.15, -0.1) is 17.0 Å². The molecule has 1 unspecified atom stereocenters. The molecule has 0 aromatic heterocycles. The van der Waals surface area contributed by atoms with Gasteiger partial charge in [0, 0.05) is 6.04 Å². The topological polar surface area (TPSA) is 35.2 Å². The van der Waals surface area contributed by atoms with E-state index in [1.807, 2.05) is 19.9 Å². The molecule has 0 bridgehead atoms. The Hall–Kier alpha value is -0.540. The van der Waals surface area contributed by atoms with Crippen molar-refractivity contribution >= 4 is 17.0 Å². The lowest BCUT2D eigenvalue weighted by Gasteiger charge is -2.08. The fraction of sp³-hybridized carbons (Fsp3) is 0.455. The Morgan fingerprint density at radius 3 is 2.50 bits per heavy atom. The number of rotatable bonds is 3. The Balaban J connectivity index is 0.00000169. The highest BCUT2D eigenvalue weighted by atomic mass is 79.9. The number of ether oxygens (including phenoxy) is 1. The zero-order valence-electron chi connectivity index (χ0n) is 8.91. The number of aryl methyl sites for hydroxylation is 1. The van der Waals surface area contributed by atoms with Gasteiger partial charge in [-0.3, -0.25) is 0 Å². The molecule has 0 aliphatic rings. The first kappa shape index (κ1) is 13.5. The summed E-state index contributed by atoms with van der Waals surface area (Å²) >= 11 is 0. The number of hydrogen-bond donors (Lipinski definition) is 1. The SMILES string of the molecule is Br.COc1ccc(CC(C)N)cc1C. The molecule has 0 saturated carbocycles. The summed E-state index contributed by atoms with van der Waals surface area (Å²) in [7, 11) is 1.69. The highest BCUT2D eigenvalue weighted by Crippen LogP contribution is 2.18. The quantitative estimate of drug-likeness (QED) is 0.906. The van der Waals surface area contributed by atoms with E-state index in [1.54, 1.807) is 7.11 Å². The normalized spacial score (nSPS) is 11.7. The van der Waals surface area contributed by atoms with Crippen LogP contribution in [0.1, 0.15) is 18.1 Å². The summed E-state index contributed by atoms with van der Waals surface area (Å²) in [4.78, 5) is 0. The van der Waals surface area contributed by atoms with Crippen LogP contribution in [0.4, 0.5) is 0 Å². The average Bonchev–Trinajstić information content (AvgIpc) is 2.03. The van der Waals surface area contributed by atoms with Crippen molar-refractivity contribution in [2.45, 2.75) is 26.3 Å². The first-order chi connectivity index (χ1) is 6.13. The maximum absolute atomic E-state index is 5.71. The van der Waals surface area contributed by atoms with Crippen LogP contribution in [-0.4, -0.2) is 13.2 Å².